The molecule has 0 saturated carbocycles. The molecule has 2 N–H and O–H groups in total. The van der Waals surface area contributed by atoms with Crippen molar-refractivity contribution in [1.29, 1.82) is 0 Å². The predicted octanol–water partition coefficient (Wildman–Crippen LogP) is 1.84. The Labute approximate surface area is 102 Å². The third-order valence-electron chi connectivity index (χ3n) is 3.10. The lowest BCUT2D eigenvalue weighted by Crippen LogP contribution is -2.33. The van der Waals surface area contributed by atoms with Gasteiger partial charge in [-0.3, -0.25) is 0 Å². The molecule has 0 aromatic heterocycles. The molecule has 1 aliphatic rings. The molecule has 0 radical (unpaired) electrons. The quantitative estimate of drug-likeness (QED) is 0.820. The fraction of sp³-hybridized carbons (Fsp3) is 0.538. The normalized spacial score (nSPS) is 16.9. The highest BCUT2D eigenvalue weighted by Gasteiger charge is 2.16. The molecule has 1 heterocycles. The molecule has 4 heteroatoms. The molecule has 1 aliphatic heterocycles. The number of nitrogens with one attached hydrogen (secondary N) is 1. The first kappa shape index (κ1) is 12.2. The predicted molar refractivity (Wildman–Crippen MR) is 65.3 cm³/mol. The minimum atomic E-state index is 0.135. The second kappa shape index (κ2) is 5.38. The average Bonchev–Trinajstić information content (AvgIpc) is 2.82. The number of ether oxygens (including phenoxy) is 2. The van der Waals surface area contributed by atoms with Crippen molar-refractivity contribution in [3.05, 3.63) is 23.8 Å². The number of aliphatic hydroxyl groups is 1. The summed E-state index contributed by atoms with van der Waals surface area (Å²) in [5.41, 5.74) is 1.14. The number of hydrogen-bond donors (Lipinski definition) is 2. The Morgan fingerprint density at radius 3 is 2.82 bits per heavy atom. The van der Waals surface area contributed by atoms with E-state index in [1.807, 2.05) is 18.2 Å². The summed E-state index contributed by atoms with van der Waals surface area (Å²) in [5.74, 6) is 1.60. The molecular formula is C13H19NO3. The monoisotopic (exact) mass is 237 g/mol. The van der Waals surface area contributed by atoms with Gasteiger partial charge in [-0.15, -0.1) is 0 Å². The summed E-state index contributed by atoms with van der Waals surface area (Å²) >= 11 is 0. The zero-order valence-electron chi connectivity index (χ0n) is 10.3. The first-order chi connectivity index (χ1) is 8.24. The van der Waals surface area contributed by atoms with Crippen molar-refractivity contribution in [2.24, 2.45) is 0 Å². The van der Waals surface area contributed by atoms with E-state index in [1.54, 1.807) is 0 Å². The molecule has 1 aromatic carbocycles. The van der Waals surface area contributed by atoms with Crippen molar-refractivity contribution in [3.8, 4) is 11.5 Å². The molecular weight excluding hydrogens is 218 g/mol. The lowest BCUT2D eigenvalue weighted by molar-refractivity contribution is 0.174. The second-order valence-electron chi connectivity index (χ2n) is 4.29. The topological polar surface area (TPSA) is 50.7 Å². The van der Waals surface area contributed by atoms with Gasteiger partial charge in [0.1, 0.15) is 0 Å². The molecule has 17 heavy (non-hydrogen) atoms. The van der Waals surface area contributed by atoms with Crippen molar-refractivity contribution in [1.82, 2.24) is 5.32 Å². The van der Waals surface area contributed by atoms with Gasteiger partial charge in [-0.1, -0.05) is 13.0 Å². The van der Waals surface area contributed by atoms with Crippen LogP contribution in [-0.2, 0) is 0 Å². The van der Waals surface area contributed by atoms with Gasteiger partial charge in [0, 0.05) is 12.1 Å². The van der Waals surface area contributed by atoms with Crippen LogP contribution in [0.1, 0.15) is 31.9 Å². The maximum absolute atomic E-state index is 9.17. The first-order valence-electron chi connectivity index (χ1n) is 6.01. The third kappa shape index (κ3) is 2.70. The van der Waals surface area contributed by atoms with Crippen molar-refractivity contribution in [2.75, 3.05) is 13.4 Å². The first-order valence-corrected chi connectivity index (χ1v) is 6.01. The molecule has 1 aromatic rings. The minimum absolute atomic E-state index is 0.135. The van der Waals surface area contributed by atoms with E-state index in [2.05, 4.69) is 19.2 Å². The van der Waals surface area contributed by atoms with Crippen LogP contribution >= 0.6 is 0 Å². The molecule has 2 atom stereocenters. The van der Waals surface area contributed by atoms with Gasteiger partial charge < -0.3 is 19.9 Å². The van der Waals surface area contributed by atoms with E-state index < -0.39 is 0 Å². The highest BCUT2D eigenvalue weighted by Crippen LogP contribution is 2.34. The molecule has 0 aliphatic carbocycles. The lowest BCUT2D eigenvalue weighted by Gasteiger charge is -2.21. The summed E-state index contributed by atoms with van der Waals surface area (Å²) in [7, 11) is 0. The van der Waals surface area contributed by atoms with Crippen LogP contribution in [0.4, 0.5) is 0 Å². The van der Waals surface area contributed by atoms with Crippen LogP contribution in [0.25, 0.3) is 0 Å². The molecule has 1 unspecified atom stereocenters. The lowest BCUT2D eigenvalue weighted by atomic mass is 10.1. The Balaban J connectivity index is 2.06. The van der Waals surface area contributed by atoms with Gasteiger partial charge in [-0.25, -0.2) is 0 Å². The van der Waals surface area contributed by atoms with E-state index >= 15 is 0 Å². The summed E-state index contributed by atoms with van der Waals surface area (Å²) in [6.07, 6.45) is 0.908. The molecule has 0 bridgehead atoms. The van der Waals surface area contributed by atoms with Crippen molar-refractivity contribution in [2.45, 2.75) is 32.4 Å². The summed E-state index contributed by atoms with van der Waals surface area (Å²) in [6.45, 7) is 4.59. The summed E-state index contributed by atoms with van der Waals surface area (Å²) in [5, 5.41) is 12.5. The van der Waals surface area contributed by atoms with Crippen LogP contribution in [0.15, 0.2) is 18.2 Å². The zero-order chi connectivity index (χ0) is 12.3. The van der Waals surface area contributed by atoms with Crippen LogP contribution in [0.2, 0.25) is 0 Å². The van der Waals surface area contributed by atoms with Crippen LogP contribution in [-0.4, -0.2) is 24.5 Å². The standard InChI is InChI=1S/C13H19NO3/c1-3-11(7-15)14-9(2)10-4-5-12-13(6-10)17-8-16-12/h4-6,9,11,14-15H,3,7-8H2,1-2H3/t9?,11-/m0/s1. The highest BCUT2D eigenvalue weighted by atomic mass is 16.7. The molecule has 0 spiro atoms. The van der Waals surface area contributed by atoms with Crippen LogP contribution in [0.3, 0.4) is 0 Å². The Kier molecular flexibility index (Phi) is 3.86. The smallest absolute Gasteiger partial charge is 0.231 e. The number of fused-ring (bicyclic) bond motifs is 1. The van der Waals surface area contributed by atoms with Gasteiger partial charge >= 0.3 is 0 Å². The van der Waals surface area contributed by atoms with E-state index in [1.165, 1.54) is 0 Å². The minimum Gasteiger partial charge on any atom is -0.454 e. The van der Waals surface area contributed by atoms with E-state index in [9.17, 15) is 0 Å². The van der Waals surface area contributed by atoms with E-state index in [4.69, 9.17) is 14.6 Å². The van der Waals surface area contributed by atoms with Gasteiger partial charge in [-0.2, -0.15) is 0 Å². The summed E-state index contributed by atoms with van der Waals surface area (Å²) in [4.78, 5) is 0. The maximum Gasteiger partial charge on any atom is 0.231 e. The average molecular weight is 237 g/mol. The van der Waals surface area contributed by atoms with E-state index in [0.717, 1.165) is 23.5 Å². The maximum atomic E-state index is 9.17. The third-order valence-corrected chi connectivity index (χ3v) is 3.10. The van der Waals surface area contributed by atoms with Gasteiger partial charge in [0.25, 0.3) is 0 Å². The molecule has 0 amide bonds. The fourth-order valence-corrected chi connectivity index (χ4v) is 1.93. The van der Waals surface area contributed by atoms with Gasteiger partial charge in [0.2, 0.25) is 6.79 Å². The molecule has 2 rings (SSSR count). The number of benzene rings is 1. The van der Waals surface area contributed by atoms with Crippen molar-refractivity contribution in [3.63, 3.8) is 0 Å². The second-order valence-corrected chi connectivity index (χ2v) is 4.29. The van der Waals surface area contributed by atoms with E-state index in [-0.39, 0.29) is 18.7 Å². The van der Waals surface area contributed by atoms with Crippen LogP contribution < -0.4 is 14.8 Å². The van der Waals surface area contributed by atoms with E-state index in [0.29, 0.717) is 6.79 Å². The summed E-state index contributed by atoms with van der Waals surface area (Å²) < 4.78 is 10.6. The molecule has 0 saturated heterocycles. The Hall–Kier alpha value is -1.26. The van der Waals surface area contributed by atoms with Crippen LogP contribution in [0, 0.1) is 0 Å². The van der Waals surface area contributed by atoms with Gasteiger partial charge in [-0.05, 0) is 31.0 Å². The highest BCUT2D eigenvalue weighted by molar-refractivity contribution is 5.45. The number of aliphatic hydroxyl groups excluding tert-OH is 1. The Morgan fingerprint density at radius 1 is 1.35 bits per heavy atom. The number of rotatable bonds is 5. The Morgan fingerprint density at radius 2 is 2.12 bits per heavy atom. The van der Waals surface area contributed by atoms with Crippen LogP contribution in [0.5, 0.6) is 11.5 Å². The van der Waals surface area contributed by atoms with Crippen molar-refractivity contribution >= 4 is 0 Å². The fourth-order valence-electron chi connectivity index (χ4n) is 1.93. The van der Waals surface area contributed by atoms with Crippen molar-refractivity contribution < 1.29 is 14.6 Å². The molecule has 4 nitrogen and oxygen atoms in total. The SMILES string of the molecule is CC[C@@H](CO)NC(C)c1ccc2c(c1)OCO2. The largest absolute Gasteiger partial charge is 0.454 e. The van der Waals surface area contributed by atoms with Gasteiger partial charge in [0.05, 0.1) is 6.61 Å². The zero-order valence-corrected chi connectivity index (χ0v) is 10.3. The molecule has 0 fully saturated rings. The summed E-state index contributed by atoms with van der Waals surface area (Å²) in [6, 6.07) is 6.26. The Bertz CT molecular complexity index is 377. The molecule has 94 valence electrons. The number of hydrogen-bond acceptors (Lipinski definition) is 4. The van der Waals surface area contributed by atoms with Gasteiger partial charge in [0.15, 0.2) is 11.5 Å².